The van der Waals surface area contributed by atoms with Gasteiger partial charge < -0.3 is 0 Å². The van der Waals surface area contributed by atoms with Crippen molar-refractivity contribution in [3.8, 4) is 17.1 Å². The lowest BCUT2D eigenvalue weighted by molar-refractivity contribution is 0.606. The van der Waals surface area contributed by atoms with Gasteiger partial charge in [0.05, 0.1) is 5.69 Å². The number of imidazole rings is 1. The summed E-state index contributed by atoms with van der Waals surface area (Å²) in [6.07, 6.45) is 13.2. The maximum atomic E-state index is 14.1. The van der Waals surface area contributed by atoms with Gasteiger partial charge >= 0.3 is 0 Å². The van der Waals surface area contributed by atoms with Crippen molar-refractivity contribution in [1.29, 1.82) is 0 Å². The van der Waals surface area contributed by atoms with Crippen molar-refractivity contribution >= 4 is 5.57 Å². The fraction of sp³-hybridized carbons (Fsp3) is 0.296. The number of hydrogen-bond acceptors (Lipinski definition) is 1. The summed E-state index contributed by atoms with van der Waals surface area (Å²) in [6, 6.07) is 13.5. The summed E-state index contributed by atoms with van der Waals surface area (Å²) in [7, 11) is 0. The molecule has 3 heteroatoms. The minimum atomic E-state index is -0.194. The van der Waals surface area contributed by atoms with Crippen molar-refractivity contribution in [2.75, 3.05) is 0 Å². The van der Waals surface area contributed by atoms with Gasteiger partial charge in [-0.25, -0.2) is 9.37 Å². The second-order valence-corrected chi connectivity index (χ2v) is 7.45. The molecule has 0 unspecified atom stereocenters. The van der Waals surface area contributed by atoms with Gasteiger partial charge in [-0.1, -0.05) is 57.2 Å². The highest BCUT2D eigenvalue weighted by Gasteiger charge is 2.19. The van der Waals surface area contributed by atoms with Crippen LogP contribution in [-0.2, 0) is 0 Å². The highest BCUT2D eigenvalue weighted by atomic mass is 19.1. The van der Waals surface area contributed by atoms with Crippen molar-refractivity contribution in [3.63, 3.8) is 0 Å². The topological polar surface area (TPSA) is 17.8 Å². The number of allylic oxidation sites excluding steroid dienone is 4. The van der Waals surface area contributed by atoms with Crippen LogP contribution in [-0.4, -0.2) is 9.55 Å². The largest absolute Gasteiger partial charge is 0.299 e. The summed E-state index contributed by atoms with van der Waals surface area (Å²) in [5.74, 6) is 0.954. The van der Waals surface area contributed by atoms with Gasteiger partial charge in [0, 0.05) is 23.5 Å². The standard InChI is InChI=1S/C27H31FN2/c1-5-11-21(12-6-2)23-13-9-10-14-26(23)30-18-17-29-27(30)24-16-15-22(28)19-25(24)20(7-3)8-4/h5,9-20H,6-8H2,1-4H3/b11-5-,21-12+. The lowest BCUT2D eigenvalue weighted by Gasteiger charge is -2.19. The van der Waals surface area contributed by atoms with Crippen molar-refractivity contribution in [2.24, 2.45) is 0 Å². The Labute approximate surface area is 179 Å². The van der Waals surface area contributed by atoms with Gasteiger partial charge in [-0.3, -0.25) is 4.57 Å². The molecule has 1 aromatic heterocycles. The molecule has 0 saturated carbocycles. The smallest absolute Gasteiger partial charge is 0.144 e. The molecular weight excluding hydrogens is 371 g/mol. The van der Waals surface area contributed by atoms with Crippen molar-refractivity contribution in [3.05, 3.63) is 90.0 Å². The zero-order valence-electron chi connectivity index (χ0n) is 18.4. The first-order valence-electron chi connectivity index (χ1n) is 10.9. The molecule has 0 bridgehead atoms. The molecule has 0 radical (unpaired) electrons. The fourth-order valence-electron chi connectivity index (χ4n) is 4.10. The van der Waals surface area contributed by atoms with E-state index in [1.165, 1.54) is 11.6 Å². The summed E-state index contributed by atoms with van der Waals surface area (Å²) in [6.45, 7) is 8.50. The van der Waals surface area contributed by atoms with Crippen LogP contribution >= 0.6 is 0 Å². The highest BCUT2D eigenvalue weighted by Crippen LogP contribution is 2.35. The van der Waals surface area contributed by atoms with E-state index in [0.29, 0.717) is 5.92 Å². The molecule has 0 saturated heterocycles. The van der Waals surface area contributed by atoms with Crippen molar-refractivity contribution < 1.29 is 4.39 Å². The molecule has 2 nitrogen and oxygen atoms in total. The van der Waals surface area contributed by atoms with Crippen LogP contribution in [0.25, 0.3) is 22.6 Å². The maximum absolute atomic E-state index is 14.1. The lowest BCUT2D eigenvalue weighted by Crippen LogP contribution is -2.05. The predicted octanol–water partition coefficient (Wildman–Crippen LogP) is 7.95. The van der Waals surface area contributed by atoms with E-state index >= 15 is 0 Å². The van der Waals surface area contributed by atoms with Crippen LogP contribution in [0.15, 0.2) is 73.1 Å². The number of rotatable bonds is 8. The summed E-state index contributed by atoms with van der Waals surface area (Å²) in [5, 5.41) is 0. The van der Waals surface area contributed by atoms with Crippen LogP contribution in [0.5, 0.6) is 0 Å². The van der Waals surface area contributed by atoms with Gasteiger partial charge in [0.15, 0.2) is 0 Å². The molecule has 1 heterocycles. The minimum absolute atomic E-state index is 0.194. The second-order valence-electron chi connectivity index (χ2n) is 7.45. The first-order chi connectivity index (χ1) is 14.6. The summed E-state index contributed by atoms with van der Waals surface area (Å²) in [4.78, 5) is 4.70. The van der Waals surface area contributed by atoms with Gasteiger partial charge in [0.2, 0.25) is 0 Å². The number of hydrogen-bond donors (Lipinski definition) is 0. The van der Waals surface area contributed by atoms with E-state index in [0.717, 1.165) is 47.5 Å². The molecule has 3 aromatic rings. The van der Waals surface area contributed by atoms with Gasteiger partial charge in [-0.15, -0.1) is 0 Å². The molecule has 0 N–H and O–H groups in total. The third kappa shape index (κ3) is 4.46. The van der Waals surface area contributed by atoms with Gasteiger partial charge in [0.25, 0.3) is 0 Å². The first-order valence-corrected chi connectivity index (χ1v) is 10.9. The zero-order valence-corrected chi connectivity index (χ0v) is 18.4. The average molecular weight is 403 g/mol. The molecule has 0 aliphatic carbocycles. The molecule has 156 valence electrons. The average Bonchev–Trinajstić information content (AvgIpc) is 3.24. The number of halogens is 1. The third-order valence-corrected chi connectivity index (χ3v) is 5.57. The van der Waals surface area contributed by atoms with Gasteiger partial charge in [-0.05, 0) is 67.5 Å². The van der Waals surface area contributed by atoms with E-state index in [2.05, 4.69) is 61.8 Å². The summed E-state index contributed by atoms with van der Waals surface area (Å²) < 4.78 is 16.3. The zero-order chi connectivity index (χ0) is 21.5. The van der Waals surface area contributed by atoms with E-state index in [-0.39, 0.29) is 5.82 Å². The van der Waals surface area contributed by atoms with E-state index in [9.17, 15) is 4.39 Å². The van der Waals surface area contributed by atoms with Crippen LogP contribution in [0, 0.1) is 5.82 Å². The van der Waals surface area contributed by atoms with E-state index in [1.54, 1.807) is 6.07 Å². The van der Waals surface area contributed by atoms with E-state index in [4.69, 9.17) is 4.98 Å². The van der Waals surface area contributed by atoms with Crippen LogP contribution in [0.4, 0.5) is 4.39 Å². The van der Waals surface area contributed by atoms with Crippen molar-refractivity contribution in [2.45, 2.75) is 52.9 Å². The van der Waals surface area contributed by atoms with E-state index < -0.39 is 0 Å². The van der Waals surface area contributed by atoms with E-state index in [1.807, 2.05) is 31.5 Å². The molecule has 0 amide bonds. The van der Waals surface area contributed by atoms with Gasteiger partial charge in [0.1, 0.15) is 11.6 Å². The van der Waals surface area contributed by atoms with Crippen LogP contribution in [0.3, 0.4) is 0 Å². The molecule has 0 atom stereocenters. The molecule has 0 spiro atoms. The lowest BCUT2D eigenvalue weighted by atomic mass is 9.89. The Kier molecular flexibility index (Phi) is 7.40. The SMILES string of the molecule is C/C=C\C(=C/CC)c1ccccc1-n1ccnc1-c1ccc(F)cc1C(CC)CC. The quantitative estimate of drug-likeness (QED) is 0.350. The highest BCUT2D eigenvalue weighted by molar-refractivity contribution is 5.80. The minimum Gasteiger partial charge on any atom is -0.299 e. The summed E-state index contributed by atoms with van der Waals surface area (Å²) >= 11 is 0. The second kappa shape index (κ2) is 10.2. The Morgan fingerprint density at radius 2 is 1.87 bits per heavy atom. The Balaban J connectivity index is 2.21. The monoisotopic (exact) mass is 402 g/mol. The Morgan fingerprint density at radius 1 is 1.10 bits per heavy atom. The molecular formula is C27H31FN2. The molecule has 0 aliphatic heterocycles. The molecule has 3 rings (SSSR count). The van der Waals surface area contributed by atoms with Crippen LogP contribution in [0.2, 0.25) is 0 Å². The van der Waals surface area contributed by atoms with Crippen LogP contribution in [0.1, 0.15) is 64.0 Å². The number of aromatic nitrogens is 2. The first kappa shape index (κ1) is 21.8. The third-order valence-electron chi connectivity index (χ3n) is 5.57. The normalized spacial score (nSPS) is 12.3. The summed E-state index contributed by atoms with van der Waals surface area (Å²) in [5.41, 5.74) is 5.44. The van der Waals surface area contributed by atoms with Gasteiger partial charge in [-0.2, -0.15) is 0 Å². The Hall–Kier alpha value is -2.94. The van der Waals surface area contributed by atoms with Crippen molar-refractivity contribution in [1.82, 2.24) is 9.55 Å². The number of nitrogens with zero attached hydrogens (tertiary/aromatic N) is 2. The predicted molar refractivity (Wildman–Crippen MR) is 125 cm³/mol. The fourth-order valence-corrected chi connectivity index (χ4v) is 4.10. The number of benzene rings is 2. The maximum Gasteiger partial charge on any atom is 0.144 e. The molecule has 30 heavy (non-hydrogen) atoms. The Bertz CT molecular complexity index is 1040. The Morgan fingerprint density at radius 3 is 2.57 bits per heavy atom. The van der Waals surface area contributed by atoms with Crippen LogP contribution < -0.4 is 0 Å². The molecule has 2 aromatic carbocycles. The molecule has 0 fully saturated rings. The number of para-hydroxylation sites is 1. The molecule has 0 aliphatic rings.